The minimum absolute atomic E-state index is 0.0956. The Balaban J connectivity index is 1.94. The fourth-order valence-corrected chi connectivity index (χ4v) is 5.69. The van der Waals surface area contributed by atoms with Crippen LogP contribution in [0.4, 0.5) is 10.6 Å². The summed E-state index contributed by atoms with van der Waals surface area (Å²) in [7, 11) is -0.929. The van der Waals surface area contributed by atoms with E-state index in [-0.39, 0.29) is 36.2 Å². The third kappa shape index (κ3) is 9.09. The van der Waals surface area contributed by atoms with Gasteiger partial charge < -0.3 is 29.9 Å². The molecular formula is C28H46N6O6S. The summed E-state index contributed by atoms with van der Waals surface area (Å²) in [6, 6.07) is -0.498. The van der Waals surface area contributed by atoms with Crippen molar-refractivity contribution in [3.63, 3.8) is 0 Å². The van der Waals surface area contributed by atoms with Crippen molar-refractivity contribution in [2.24, 2.45) is 11.8 Å². The van der Waals surface area contributed by atoms with E-state index in [9.17, 15) is 23.7 Å². The van der Waals surface area contributed by atoms with E-state index >= 15 is 0 Å². The maximum Gasteiger partial charge on any atom is 0.407 e. The van der Waals surface area contributed by atoms with Gasteiger partial charge in [0.15, 0.2) is 0 Å². The third-order valence-electron chi connectivity index (χ3n) is 7.23. The van der Waals surface area contributed by atoms with Crippen LogP contribution >= 0.6 is 0 Å². The van der Waals surface area contributed by atoms with Crippen molar-refractivity contribution < 1.29 is 28.4 Å². The number of piperidine rings is 1. The van der Waals surface area contributed by atoms with Gasteiger partial charge in [-0.3, -0.25) is 13.8 Å². The van der Waals surface area contributed by atoms with Crippen molar-refractivity contribution >= 4 is 34.5 Å². The first-order valence-corrected chi connectivity index (χ1v) is 16.1. The number of ether oxygens (including phenoxy) is 1. The largest absolute Gasteiger partial charge is 0.465 e. The molecule has 3 amide bonds. The van der Waals surface area contributed by atoms with E-state index in [1.54, 1.807) is 16.1 Å². The number of nitrogens with zero attached hydrogens (tertiary/aromatic N) is 5. The van der Waals surface area contributed by atoms with Gasteiger partial charge in [0.1, 0.15) is 17.2 Å². The summed E-state index contributed by atoms with van der Waals surface area (Å²) >= 11 is 0. The molecule has 2 aliphatic rings. The molecule has 12 nitrogen and oxygen atoms in total. The normalized spacial score (nSPS) is 20.6. The molecule has 0 aliphatic carbocycles. The van der Waals surface area contributed by atoms with Crippen molar-refractivity contribution in [1.29, 1.82) is 0 Å². The number of hydrogen-bond donors (Lipinski definition) is 2. The second-order valence-corrected chi connectivity index (χ2v) is 13.9. The highest BCUT2D eigenvalue weighted by Crippen LogP contribution is 2.28. The minimum Gasteiger partial charge on any atom is -0.465 e. The van der Waals surface area contributed by atoms with Crippen molar-refractivity contribution in [3.05, 3.63) is 17.6 Å². The zero-order valence-corrected chi connectivity index (χ0v) is 26.0. The monoisotopic (exact) mass is 594 g/mol. The number of rotatable bonds is 10. The van der Waals surface area contributed by atoms with Crippen LogP contribution in [0.3, 0.4) is 0 Å². The highest BCUT2D eigenvalue weighted by atomic mass is 32.2. The molecule has 0 saturated carbocycles. The van der Waals surface area contributed by atoms with Crippen LogP contribution in [0.5, 0.6) is 0 Å². The zero-order valence-electron chi connectivity index (χ0n) is 25.2. The summed E-state index contributed by atoms with van der Waals surface area (Å²) in [6.07, 6.45) is 3.09. The quantitative estimate of drug-likeness (QED) is 0.390. The van der Waals surface area contributed by atoms with Crippen LogP contribution in [0.1, 0.15) is 63.6 Å². The Morgan fingerprint density at radius 3 is 2.46 bits per heavy atom. The van der Waals surface area contributed by atoms with E-state index < -0.39 is 28.9 Å². The fourth-order valence-electron chi connectivity index (χ4n) is 5.14. The molecular weight excluding hydrogens is 548 g/mol. The average molecular weight is 595 g/mol. The Hall–Kier alpha value is -2.80. The Labute approximate surface area is 245 Å². The van der Waals surface area contributed by atoms with E-state index in [0.29, 0.717) is 75.2 Å². The van der Waals surface area contributed by atoms with Crippen LogP contribution in [0.25, 0.3) is 0 Å². The molecule has 3 atom stereocenters. The number of hydrogen-bond acceptors (Lipinski definition) is 8. The molecule has 0 bridgehead atoms. The van der Waals surface area contributed by atoms with Gasteiger partial charge in [-0.1, -0.05) is 34.6 Å². The maximum absolute atomic E-state index is 14.2. The lowest BCUT2D eigenvalue weighted by Gasteiger charge is -2.43. The summed E-state index contributed by atoms with van der Waals surface area (Å²) in [5.74, 6) is 0.633. The van der Waals surface area contributed by atoms with Crippen LogP contribution in [-0.2, 0) is 25.7 Å². The molecule has 2 aliphatic heterocycles. The SMILES string of the molecule is CC(C)CN(C(=O)c1cnc(C(C)(C)C)nc1NCCCS(C)=O)[C@H]1C[C@@H](C(=O)N2CCOCC2)CN(C(=O)O)C1. The van der Waals surface area contributed by atoms with Crippen LogP contribution in [0, 0.1) is 11.8 Å². The number of morpholine rings is 1. The predicted octanol–water partition coefficient (Wildman–Crippen LogP) is 2.28. The van der Waals surface area contributed by atoms with E-state index in [1.807, 2.05) is 34.6 Å². The first-order valence-electron chi connectivity index (χ1n) is 14.3. The van der Waals surface area contributed by atoms with Crippen LogP contribution in [0.2, 0.25) is 0 Å². The van der Waals surface area contributed by atoms with Gasteiger partial charge in [-0.25, -0.2) is 14.8 Å². The fraction of sp³-hybridized carbons (Fsp3) is 0.750. The molecule has 0 aromatic carbocycles. The molecule has 2 N–H and O–H groups in total. The molecule has 2 saturated heterocycles. The highest BCUT2D eigenvalue weighted by molar-refractivity contribution is 7.84. The minimum atomic E-state index is -1.11. The molecule has 1 aromatic rings. The van der Waals surface area contributed by atoms with Gasteiger partial charge in [-0.15, -0.1) is 0 Å². The Morgan fingerprint density at radius 2 is 1.88 bits per heavy atom. The number of carboxylic acid groups (broad SMARTS) is 1. The summed E-state index contributed by atoms with van der Waals surface area (Å²) in [6.45, 7) is 12.9. The first kappa shape index (κ1) is 32.7. The summed E-state index contributed by atoms with van der Waals surface area (Å²) in [5.41, 5.74) is -0.0568. The molecule has 3 heterocycles. The molecule has 13 heteroatoms. The van der Waals surface area contributed by atoms with Crippen LogP contribution in [0.15, 0.2) is 6.20 Å². The van der Waals surface area contributed by atoms with E-state index in [0.717, 1.165) is 0 Å². The predicted molar refractivity (Wildman–Crippen MR) is 158 cm³/mol. The Kier molecular flexibility index (Phi) is 11.5. The van der Waals surface area contributed by atoms with Crippen LogP contribution < -0.4 is 5.32 Å². The lowest BCUT2D eigenvalue weighted by Crippen LogP contribution is -2.58. The lowest BCUT2D eigenvalue weighted by molar-refractivity contribution is -0.142. The highest BCUT2D eigenvalue weighted by Gasteiger charge is 2.40. The maximum atomic E-state index is 14.2. The topological polar surface area (TPSA) is 145 Å². The Morgan fingerprint density at radius 1 is 1.20 bits per heavy atom. The van der Waals surface area contributed by atoms with Crippen LogP contribution in [-0.4, -0.2) is 122 Å². The smallest absolute Gasteiger partial charge is 0.407 e. The summed E-state index contributed by atoms with van der Waals surface area (Å²) < 4.78 is 16.9. The number of carbonyl (C=O) groups is 3. The van der Waals surface area contributed by atoms with Crippen molar-refractivity contribution in [2.75, 3.05) is 69.8 Å². The standard InChI is InChI=1S/C28H46N6O6S/c1-19(2)16-34(21-14-20(17-33(18-21)27(37)38)24(35)32-9-11-40-12-10-32)25(36)22-15-30-26(28(3,4)5)31-23(22)29-8-7-13-41(6)39/h15,19-21H,7-14,16-18H2,1-6H3,(H,37,38)(H,29,30,31)/t20-,21+,41?/m1/s1. The molecule has 2 fully saturated rings. The van der Waals surface area contributed by atoms with E-state index in [1.165, 1.54) is 11.1 Å². The van der Waals surface area contributed by atoms with Gasteiger partial charge in [-0.2, -0.15) is 0 Å². The lowest BCUT2D eigenvalue weighted by atomic mass is 9.91. The van der Waals surface area contributed by atoms with Gasteiger partial charge in [0.05, 0.1) is 25.2 Å². The number of likely N-dealkylation sites (tertiary alicyclic amines) is 1. The molecule has 41 heavy (non-hydrogen) atoms. The van der Waals surface area contributed by atoms with Crippen molar-refractivity contribution in [2.45, 2.75) is 58.9 Å². The second kappa shape index (κ2) is 14.4. The molecule has 230 valence electrons. The third-order valence-corrected chi connectivity index (χ3v) is 8.09. The zero-order chi connectivity index (χ0) is 30.3. The second-order valence-electron chi connectivity index (χ2n) is 12.3. The molecule has 3 rings (SSSR count). The van der Waals surface area contributed by atoms with Gasteiger partial charge in [-0.05, 0) is 18.8 Å². The number of amides is 3. The van der Waals surface area contributed by atoms with Gasteiger partial charge >= 0.3 is 6.09 Å². The number of nitrogens with one attached hydrogen (secondary N) is 1. The van der Waals surface area contributed by atoms with Gasteiger partial charge in [0.25, 0.3) is 5.91 Å². The summed E-state index contributed by atoms with van der Waals surface area (Å²) in [5, 5.41) is 13.2. The number of carbonyl (C=O) groups excluding carboxylic acids is 2. The number of aromatic nitrogens is 2. The van der Waals surface area contributed by atoms with Crippen molar-refractivity contribution in [1.82, 2.24) is 24.7 Å². The first-order chi connectivity index (χ1) is 19.3. The molecule has 1 aromatic heterocycles. The van der Waals surface area contributed by atoms with Crippen molar-refractivity contribution in [3.8, 4) is 0 Å². The average Bonchev–Trinajstić information content (AvgIpc) is 2.92. The summed E-state index contributed by atoms with van der Waals surface area (Å²) in [4.78, 5) is 53.7. The van der Waals surface area contributed by atoms with E-state index in [2.05, 4.69) is 10.3 Å². The number of anilines is 1. The molecule has 0 spiro atoms. The molecule has 0 radical (unpaired) electrons. The van der Waals surface area contributed by atoms with Gasteiger partial charge in [0, 0.05) is 73.7 Å². The van der Waals surface area contributed by atoms with E-state index in [4.69, 9.17) is 9.72 Å². The van der Waals surface area contributed by atoms with Gasteiger partial charge in [0.2, 0.25) is 5.91 Å². The molecule has 1 unspecified atom stereocenters. The Bertz CT molecular complexity index is 1100.